The van der Waals surface area contributed by atoms with Gasteiger partial charge in [0.15, 0.2) is 10.8 Å². The fourth-order valence-corrected chi connectivity index (χ4v) is 3.81. The van der Waals surface area contributed by atoms with Crippen LogP contribution in [0.2, 0.25) is 0 Å². The lowest BCUT2D eigenvalue weighted by Crippen LogP contribution is -2.32. The molecule has 0 saturated carbocycles. The highest BCUT2D eigenvalue weighted by molar-refractivity contribution is 8.00. The number of fused-ring (bicyclic) bond motifs is 1. The molecule has 0 spiro atoms. The fraction of sp³-hybridized carbons (Fsp3) is 0.235. The van der Waals surface area contributed by atoms with Crippen LogP contribution in [0, 0.1) is 0 Å². The van der Waals surface area contributed by atoms with E-state index in [1.165, 1.54) is 23.9 Å². The zero-order valence-electron chi connectivity index (χ0n) is 14.6. The van der Waals surface area contributed by atoms with E-state index in [1.54, 1.807) is 12.1 Å². The van der Waals surface area contributed by atoms with Crippen molar-refractivity contribution >= 4 is 33.3 Å². The first-order valence-electron chi connectivity index (χ1n) is 8.20. The van der Waals surface area contributed by atoms with Crippen molar-refractivity contribution in [2.75, 3.05) is 6.54 Å². The third kappa shape index (κ3) is 4.85. The van der Waals surface area contributed by atoms with Crippen LogP contribution < -0.4 is 10.5 Å². The van der Waals surface area contributed by atoms with Crippen molar-refractivity contribution in [1.29, 1.82) is 0 Å². The second-order valence-electron chi connectivity index (χ2n) is 5.90. The molecule has 1 aromatic carbocycles. The molecule has 8 nitrogen and oxygen atoms in total. The molecule has 0 aliphatic heterocycles. The maximum atomic E-state index is 12.3. The van der Waals surface area contributed by atoms with Gasteiger partial charge in [-0.25, -0.2) is 13.6 Å². The Balaban J connectivity index is 1.51. The van der Waals surface area contributed by atoms with E-state index < -0.39 is 10.0 Å². The van der Waals surface area contributed by atoms with Gasteiger partial charge in [0.1, 0.15) is 0 Å². The average Bonchev–Trinajstić information content (AvgIpc) is 3.04. The van der Waals surface area contributed by atoms with Crippen LogP contribution >= 0.6 is 11.8 Å². The van der Waals surface area contributed by atoms with Crippen molar-refractivity contribution in [2.24, 2.45) is 5.14 Å². The second-order valence-corrected chi connectivity index (χ2v) is 8.77. The van der Waals surface area contributed by atoms with E-state index >= 15 is 0 Å². The summed E-state index contributed by atoms with van der Waals surface area (Å²) in [6.07, 6.45) is 2.44. The van der Waals surface area contributed by atoms with Gasteiger partial charge < -0.3 is 5.32 Å². The lowest BCUT2D eigenvalue weighted by molar-refractivity contribution is -0.120. The Labute approximate surface area is 161 Å². The Morgan fingerprint density at radius 1 is 1.22 bits per heavy atom. The number of benzene rings is 1. The van der Waals surface area contributed by atoms with Crippen molar-refractivity contribution in [3.05, 3.63) is 54.2 Å². The van der Waals surface area contributed by atoms with Gasteiger partial charge in [-0.3, -0.25) is 9.20 Å². The maximum Gasteiger partial charge on any atom is 0.238 e. The summed E-state index contributed by atoms with van der Waals surface area (Å²) in [5.74, 6) is -0.103. The first-order valence-corrected chi connectivity index (χ1v) is 10.6. The van der Waals surface area contributed by atoms with Crippen molar-refractivity contribution in [2.45, 2.75) is 28.6 Å². The van der Waals surface area contributed by atoms with Gasteiger partial charge in [0.05, 0.1) is 10.1 Å². The van der Waals surface area contributed by atoms with Gasteiger partial charge in [0.2, 0.25) is 15.9 Å². The number of primary sulfonamides is 1. The molecule has 0 aliphatic rings. The SMILES string of the molecule is C[C@H](Sc1nnc2ccccn12)C(=O)NCCc1ccc(S(N)(=O)=O)cc1. The first kappa shape index (κ1) is 19.3. The van der Waals surface area contributed by atoms with E-state index in [0.29, 0.717) is 18.1 Å². The normalized spacial score (nSPS) is 12.8. The van der Waals surface area contributed by atoms with Crippen LogP contribution in [0.4, 0.5) is 0 Å². The molecule has 0 fully saturated rings. The molecular weight excluding hydrogens is 386 g/mol. The minimum absolute atomic E-state index is 0.0702. The number of carbonyl (C=O) groups is 1. The number of rotatable bonds is 7. The highest BCUT2D eigenvalue weighted by atomic mass is 32.2. The van der Waals surface area contributed by atoms with Gasteiger partial charge in [0, 0.05) is 12.7 Å². The predicted octanol–water partition coefficient (Wildman–Crippen LogP) is 1.22. The van der Waals surface area contributed by atoms with Gasteiger partial charge in [-0.1, -0.05) is 30.0 Å². The topological polar surface area (TPSA) is 119 Å². The standard InChI is InChI=1S/C17H19N5O3S2/c1-12(26-17-21-20-15-4-2-3-11-22(15)17)16(23)19-10-9-13-5-7-14(8-6-13)27(18,24)25/h2-8,11-12H,9-10H2,1H3,(H,19,23)(H2,18,24,25)/t12-/m0/s1. The molecule has 142 valence electrons. The van der Waals surface area contributed by atoms with E-state index in [0.717, 1.165) is 11.2 Å². The van der Waals surface area contributed by atoms with Crippen LogP contribution in [0.1, 0.15) is 12.5 Å². The first-order chi connectivity index (χ1) is 12.8. The van der Waals surface area contributed by atoms with Crippen LogP contribution in [0.25, 0.3) is 5.65 Å². The highest BCUT2D eigenvalue weighted by Gasteiger charge is 2.17. The van der Waals surface area contributed by atoms with Crippen molar-refractivity contribution in [1.82, 2.24) is 19.9 Å². The summed E-state index contributed by atoms with van der Waals surface area (Å²) in [6, 6.07) is 11.9. The maximum absolute atomic E-state index is 12.3. The molecule has 0 unspecified atom stereocenters. The zero-order valence-corrected chi connectivity index (χ0v) is 16.2. The Morgan fingerprint density at radius 3 is 2.67 bits per heavy atom. The molecule has 0 aliphatic carbocycles. The van der Waals surface area contributed by atoms with Crippen LogP contribution in [-0.4, -0.2) is 40.7 Å². The summed E-state index contributed by atoms with van der Waals surface area (Å²) < 4.78 is 24.3. The van der Waals surface area contributed by atoms with E-state index in [1.807, 2.05) is 35.7 Å². The monoisotopic (exact) mass is 405 g/mol. The molecule has 0 saturated heterocycles. The van der Waals surface area contributed by atoms with Crippen molar-refractivity contribution in [3.63, 3.8) is 0 Å². The molecule has 3 N–H and O–H groups in total. The highest BCUT2D eigenvalue weighted by Crippen LogP contribution is 2.21. The van der Waals surface area contributed by atoms with E-state index in [2.05, 4.69) is 15.5 Å². The largest absolute Gasteiger partial charge is 0.355 e. The molecule has 0 radical (unpaired) electrons. The summed E-state index contributed by atoms with van der Waals surface area (Å²) in [7, 11) is -3.69. The van der Waals surface area contributed by atoms with Crippen LogP contribution in [0.3, 0.4) is 0 Å². The zero-order chi connectivity index (χ0) is 19.4. The summed E-state index contributed by atoms with van der Waals surface area (Å²) in [4.78, 5) is 12.4. The molecule has 1 amide bonds. The number of amides is 1. The molecule has 0 bridgehead atoms. The number of nitrogens with zero attached hydrogens (tertiary/aromatic N) is 3. The number of nitrogens with one attached hydrogen (secondary N) is 1. The number of sulfonamides is 1. The third-order valence-electron chi connectivity index (χ3n) is 3.90. The Morgan fingerprint density at radius 2 is 1.96 bits per heavy atom. The number of pyridine rings is 1. The predicted molar refractivity (Wildman–Crippen MR) is 103 cm³/mol. The quantitative estimate of drug-likeness (QED) is 0.570. The molecule has 3 rings (SSSR count). The molecule has 27 heavy (non-hydrogen) atoms. The number of carbonyl (C=O) groups excluding carboxylic acids is 1. The van der Waals surface area contributed by atoms with Crippen LogP contribution in [0.5, 0.6) is 0 Å². The summed E-state index contributed by atoms with van der Waals surface area (Å²) in [6.45, 7) is 2.25. The molecule has 2 heterocycles. The van der Waals surface area contributed by atoms with Gasteiger partial charge >= 0.3 is 0 Å². The molecule has 1 atom stereocenters. The fourth-order valence-electron chi connectivity index (χ4n) is 2.43. The van der Waals surface area contributed by atoms with E-state index in [9.17, 15) is 13.2 Å². The van der Waals surface area contributed by atoms with Gasteiger partial charge in [-0.05, 0) is 43.2 Å². The lowest BCUT2D eigenvalue weighted by Gasteiger charge is -2.11. The minimum Gasteiger partial charge on any atom is -0.355 e. The molecule has 3 aromatic rings. The Kier molecular flexibility index (Phi) is 5.78. The van der Waals surface area contributed by atoms with Gasteiger partial charge in [-0.15, -0.1) is 10.2 Å². The van der Waals surface area contributed by atoms with E-state index in [-0.39, 0.29) is 16.1 Å². The van der Waals surface area contributed by atoms with Gasteiger partial charge in [0.25, 0.3) is 0 Å². The van der Waals surface area contributed by atoms with Crippen molar-refractivity contribution < 1.29 is 13.2 Å². The average molecular weight is 406 g/mol. The second kappa shape index (κ2) is 8.07. The summed E-state index contributed by atoms with van der Waals surface area (Å²) in [5, 5.41) is 16.5. The third-order valence-corrected chi connectivity index (χ3v) is 5.88. The van der Waals surface area contributed by atoms with Gasteiger partial charge in [-0.2, -0.15) is 0 Å². The summed E-state index contributed by atoms with van der Waals surface area (Å²) >= 11 is 1.34. The smallest absolute Gasteiger partial charge is 0.238 e. The number of aromatic nitrogens is 3. The number of nitrogens with two attached hydrogens (primary N) is 1. The molecular formula is C17H19N5O3S2. The van der Waals surface area contributed by atoms with E-state index in [4.69, 9.17) is 5.14 Å². The number of hydrogen-bond donors (Lipinski definition) is 2. The minimum atomic E-state index is -3.69. The molecule has 10 heteroatoms. The summed E-state index contributed by atoms with van der Waals surface area (Å²) in [5.41, 5.74) is 1.64. The number of thioether (sulfide) groups is 1. The molecule has 2 aromatic heterocycles. The number of hydrogen-bond acceptors (Lipinski definition) is 6. The van der Waals surface area contributed by atoms with Crippen molar-refractivity contribution in [3.8, 4) is 0 Å². The van der Waals surface area contributed by atoms with Crippen LogP contribution in [-0.2, 0) is 21.2 Å². The Hall–Kier alpha value is -2.43. The van der Waals surface area contributed by atoms with Crippen LogP contribution in [0.15, 0.2) is 58.7 Å². The lowest BCUT2D eigenvalue weighted by atomic mass is 10.1. The Bertz CT molecular complexity index is 1050.